The van der Waals surface area contributed by atoms with Crippen molar-refractivity contribution in [2.24, 2.45) is 23.7 Å². The molecule has 0 aliphatic heterocycles. The van der Waals surface area contributed by atoms with Gasteiger partial charge in [0.1, 0.15) is 0 Å². The zero-order valence-electron chi connectivity index (χ0n) is 16.9. The summed E-state index contributed by atoms with van der Waals surface area (Å²) in [6, 6.07) is 0. The Balaban J connectivity index is 1.77. The van der Waals surface area contributed by atoms with Crippen LogP contribution in [0.15, 0.2) is 11.6 Å². The van der Waals surface area contributed by atoms with Gasteiger partial charge >= 0.3 is 5.97 Å². The Morgan fingerprint density at radius 1 is 1.25 bits per heavy atom. The van der Waals surface area contributed by atoms with Gasteiger partial charge in [0.2, 0.25) is 5.78 Å². The van der Waals surface area contributed by atoms with Crippen molar-refractivity contribution in [3.63, 3.8) is 0 Å². The van der Waals surface area contributed by atoms with Crippen LogP contribution in [-0.4, -0.2) is 40.8 Å². The van der Waals surface area contributed by atoms with Gasteiger partial charge in [0, 0.05) is 25.4 Å². The van der Waals surface area contributed by atoms with Gasteiger partial charge in [-0.3, -0.25) is 9.59 Å². The lowest BCUT2D eigenvalue weighted by atomic mass is 9.48. The molecule has 3 aliphatic rings. The van der Waals surface area contributed by atoms with Gasteiger partial charge in [-0.2, -0.15) is 0 Å². The molecule has 154 valence electrons. The number of hydrogen-bond acceptors (Lipinski definition) is 4. The predicted molar refractivity (Wildman–Crippen MR) is 105 cm³/mol. The van der Waals surface area contributed by atoms with E-state index in [1.54, 1.807) is 7.11 Å². The van der Waals surface area contributed by atoms with Gasteiger partial charge < -0.3 is 14.9 Å². The second-order valence-electron chi connectivity index (χ2n) is 8.60. The molecule has 0 saturated heterocycles. The molecular formula is C23H32O5. The van der Waals surface area contributed by atoms with Crippen molar-refractivity contribution in [2.75, 3.05) is 7.11 Å². The first-order valence-corrected chi connectivity index (χ1v) is 10.6. The monoisotopic (exact) mass is 388 g/mol. The van der Waals surface area contributed by atoms with Crippen molar-refractivity contribution in [1.29, 1.82) is 0 Å². The number of Topliss-reactive ketones (excluding diaryl/α,β-unsaturated/α-hetero) is 1. The summed E-state index contributed by atoms with van der Waals surface area (Å²) in [7, 11) is 1.68. The number of carboxylic acids is 1. The molecule has 3 rings (SSSR count). The molecule has 5 nitrogen and oxygen atoms in total. The van der Waals surface area contributed by atoms with Crippen LogP contribution in [0.4, 0.5) is 0 Å². The number of ketones is 1. The van der Waals surface area contributed by atoms with Crippen LogP contribution < -0.4 is 0 Å². The zero-order valence-corrected chi connectivity index (χ0v) is 16.9. The van der Waals surface area contributed by atoms with E-state index in [9.17, 15) is 14.7 Å². The molecule has 3 saturated carbocycles. The van der Waals surface area contributed by atoms with Crippen molar-refractivity contribution < 1.29 is 24.5 Å². The average Bonchev–Trinajstić information content (AvgIpc) is 2.70. The molecule has 0 bridgehead atoms. The third kappa shape index (κ3) is 3.90. The lowest BCUT2D eigenvalue weighted by Crippen LogP contribution is -2.64. The fourth-order valence-electron chi connectivity index (χ4n) is 5.65. The normalized spacial score (nSPS) is 36.8. The van der Waals surface area contributed by atoms with Crippen LogP contribution >= 0.6 is 0 Å². The molecule has 0 aromatic rings. The molecule has 0 spiro atoms. The second kappa shape index (κ2) is 8.80. The maximum absolute atomic E-state index is 12.5. The Kier molecular flexibility index (Phi) is 6.62. The maximum atomic E-state index is 12.5. The van der Waals surface area contributed by atoms with E-state index in [2.05, 4.69) is 18.8 Å². The Labute approximate surface area is 167 Å². The number of aliphatic carboxylic acids is 1. The fourth-order valence-corrected chi connectivity index (χ4v) is 5.65. The van der Waals surface area contributed by atoms with Crippen LogP contribution in [0.3, 0.4) is 0 Å². The Morgan fingerprint density at radius 2 is 1.96 bits per heavy atom. The minimum atomic E-state index is -0.809. The maximum Gasteiger partial charge on any atom is 0.303 e. The third-order valence-electron chi connectivity index (χ3n) is 7.09. The number of carboxylic acid groups (broad SMARTS) is 1. The van der Waals surface area contributed by atoms with Crippen LogP contribution in [0.1, 0.15) is 64.7 Å². The predicted octanol–water partition coefficient (Wildman–Crippen LogP) is 3.35. The molecule has 5 atom stereocenters. The van der Waals surface area contributed by atoms with Crippen LogP contribution in [-0.2, 0) is 14.3 Å². The average molecular weight is 389 g/mol. The molecule has 0 amide bonds. The van der Waals surface area contributed by atoms with E-state index in [0.29, 0.717) is 19.3 Å². The fraction of sp³-hybridized carbons (Fsp3) is 0.739. The Bertz CT molecular complexity index is 694. The highest BCUT2D eigenvalue weighted by Gasteiger charge is 2.62. The van der Waals surface area contributed by atoms with E-state index in [1.807, 2.05) is 6.08 Å². The number of rotatable bonds is 5. The molecule has 5 heteroatoms. The summed E-state index contributed by atoms with van der Waals surface area (Å²) in [5, 5.41) is 19.5. The number of fused-ring (bicyclic) bond motifs is 1. The Morgan fingerprint density at radius 3 is 2.61 bits per heavy atom. The number of carbonyl (C=O) groups is 2. The third-order valence-corrected chi connectivity index (χ3v) is 7.09. The molecule has 2 N–H and O–H groups in total. The lowest BCUT2D eigenvalue weighted by molar-refractivity contribution is -0.162. The number of hydrogen-bond donors (Lipinski definition) is 2. The van der Waals surface area contributed by atoms with Crippen LogP contribution in [0.2, 0.25) is 0 Å². The largest absolute Gasteiger partial charge is 0.481 e. The highest BCUT2D eigenvalue weighted by Crippen LogP contribution is 2.60. The minimum Gasteiger partial charge on any atom is -0.481 e. The van der Waals surface area contributed by atoms with Crippen molar-refractivity contribution in [3.05, 3.63) is 11.6 Å². The van der Waals surface area contributed by atoms with Crippen LogP contribution in [0.5, 0.6) is 0 Å². The summed E-state index contributed by atoms with van der Waals surface area (Å²) in [6.07, 6.45) is 8.55. The molecule has 0 heterocycles. The van der Waals surface area contributed by atoms with Gasteiger partial charge in [-0.15, -0.1) is 0 Å². The Hall–Kier alpha value is -1.64. The molecule has 0 aromatic carbocycles. The summed E-state index contributed by atoms with van der Waals surface area (Å²) < 4.78 is 5.94. The molecule has 3 fully saturated rings. The number of allylic oxidation sites excluding steroid dienone is 1. The van der Waals surface area contributed by atoms with E-state index >= 15 is 0 Å². The molecule has 28 heavy (non-hydrogen) atoms. The van der Waals surface area contributed by atoms with Crippen molar-refractivity contribution in [1.82, 2.24) is 0 Å². The van der Waals surface area contributed by atoms with Gasteiger partial charge in [-0.25, -0.2) is 0 Å². The van der Waals surface area contributed by atoms with Crippen molar-refractivity contribution in [2.45, 2.75) is 76.4 Å². The molecular weight excluding hydrogens is 356 g/mol. The van der Waals surface area contributed by atoms with Crippen molar-refractivity contribution >= 4 is 11.8 Å². The van der Waals surface area contributed by atoms with Gasteiger partial charge in [0.05, 0.1) is 17.6 Å². The quantitative estimate of drug-likeness (QED) is 0.429. The van der Waals surface area contributed by atoms with Gasteiger partial charge in [-0.1, -0.05) is 38.2 Å². The molecule has 3 aliphatic carbocycles. The topological polar surface area (TPSA) is 83.8 Å². The SMILES string of the molecule is CO[C@]12CC[C@@H](O)[C@H](C#CC(=O)C3CCCCC3)[C@H]1C(C)C2=CCCC(=O)O. The van der Waals surface area contributed by atoms with Gasteiger partial charge in [-0.05, 0) is 49.5 Å². The van der Waals surface area contributed by atoms with E-state index in [1.165, 1.54) is 6.42 Å². The van der Waals surface area contributed by atoms with E-state index in [4.69, 9.17) is 9.84 Å². The summed E-state index contributed by atoms with van der Waals surface area (Å²) >= 11 is 0. The number of methoxy groups -OCH3 is 1. The minimum absolute atomic E-state index is 0.0182. The standard InChI is InChI=1S/C23H32O5/c1-15-18(9-6-10-21(26)27)23(28-2)14-13-20(25)17(22(15)23)11-12-19(24)16-7-4-3-5-8-16/h9,15-17,20,22,25H,3-8,10,13-14H2,1-2H3,(H,26,27)/t15?,17-,20+,22+,23-/m0/s1. The summed E-state index contributed by atoms with van der Waals surface area (Å²) in [5.74, 6) is 5.17. The van der Waals surface area contributed by atoms with Crippen LogP contribution in [0.25, 0.3) is 0 Å². The first-order chi connectivity index (χ1) is 13.4. The summed E-state index contributed by atoms with van der Waals surface area (Å²) in [5.41, 5.74) is 0.642. The first-order valence-electron chi connectivity index (χ1n) is 10.6. The van der Waals surface area contributed by atoms with Gasteiger partial charge in [0.25, 0.3) is 0 Å². The first kappa shape index (κ1) is 21.1. The molecule has 1 unspecified atom stereocenters. The highest BCUT2D eigenvalue weighted by molar-refractivity contribution is 5.97. The number of aliphatic hydroxyl groups is 1. The van der Waals surface area contributed by atoms with E-state index in [0.717, 1.165) is 31.3 Å². The van der Waals surface area contributed by atoms with Gasteiger partial charge in [0.15, 0.2) is 0 Å². The molecule has 0 aromatic heterocycles. The smallest absolute Gasteiger partial charge is 0.303 e. The van der Waals surface area contributed by atoms with E-state index < -0.39 is 17.7 Å². The van der Waals surface area contributed by atoms with E-state index in [-0.39, 0.29) is 35.9 Å². The number of aliphatic hydroxyl groups excluding tert-OH is 1. The lowest BCUT2D eigenvalue weighted by Gasteiger charge is -2.61. The van der Waals surface area contributed by atoms with Crippen molar-refractivity contribution in [3.8, 4) is 11.8 Å². The summed E-state index contributed by atoms with van der Waals surface area (Å²) in [6.45, 7) is 2.09. The molecule has 0 radical (unpaired) electrons. The second-order valence-corrected chi connectivity index (χ2v) is 8.60. The number of carbonyl (C=O) groups excluding carboxylic acids is 1. The van der Waals surface area contributed by atoms with Crippen LogP contribution in [0, 0.1) is 35.5 Å². The summed E-state index contributed by atoms with van der Waals surface area (Å²) in [4.78, 5) is 23.3. The zero-order chi connectivity index (χ0) is 20.3. The number of ether oxygens (including phenoxy) is 1. The highest BCUT2D eigenvalue weighted by atomic mass is 16.5.